The summed E-state index contributed by atoms with van der Waals surface area (Å²) in [7, 11) is 3.63. The van der Waals surface area contributed by atoms with Crippen LogP contribution in [-0.4, -0.2) is 49.6 Å². The summed E-state index contributed by atoms with van der Waals surface area (Å²) in [6, 6.07) is 9.04. The Kier molecular flexibility index (Phi) is 4.93. The molecular weight excluding hydrogens is 358 g/mol. The predicted octanol–water partition coefficient (Wildman–Crippen LogP) is 4.34. The molecule has 1 aromatic carbocycles. The van der Waals surface area contributed by atoms with Gasteiger partial charge in [0, 0.05) is 20.6 Å². The molecule has 156 valence electrons. The van der Waals surface area contributed by atoms with Gasteiger partial charge in [-0.1, -0.05) is 36.4 Å². The fraction of sp³-hybridized carbons (Fsp3) is 0.640. The van der Waals surface area contributed by atoms with Crippen molar-refractivity contribution in [3.05, 3.63) is 47.5 Å². The minimum atomic E-state index is 0.00971. The summed E-state index contributed by atoms with van der Waals surface area (Å²) in [4.78, 5) is 16.6. The number of carbonyl (C=O) groups is 1. The van der Waals surface area contributed by atoms with E-state index in [0.29, 0.717) is 5.41 Å². The molecule has 5 rings (SSSR count). The number of hydrogen-bond acceptors (Lipinski definition) is 2. The highest BCUT2D eigenvalue weighted by Crippen LogP contribution is 2.49. The van der Waals surface area contributed by atoms with Crippen LogP contribution in [0.25, 0.3) is 0 Å². The maximum Gasteiger partial charge on any atom is 0.317 e. The van der Waals surface area contributed by atoms with Crippen molar-refractivity contribution in [2.24, 2.45) is 17.8 Å². The largest absolute Gasteiger partial charge is 0.331 e. The minimum Gasteiger partial charge on any atom is -0.331 e. The summed E-state index contributed by atoms with van der Waals surface area (Å²) in [6.07, 6.45) is 12.5. The summed E-state index contributed by atoms with van der Waals surface area (Å²) in [6.45, 7) is 3.74. The maximum absolute atomic E-state index is 12.3. The first kappa shape index (κ1) is 19.2. The second-order valence-corrected chi connectivity index (χ2v) is 10.1. The third kappa shape index (κ3) is 3.50. The third-order valence-corrected chi connectivity index (χ3v) is 8.25. The number of nitrogens with zero attached hydrogens (tertiary/aromatic N) is 2. The SMILES string of the molecule is CN(C)C(=O)NC1CCC2(CCN(CC3CC4C=CC3C4)CC2)c2ccccc21. The quantitative estimate of drug-likeness (QED) is 0.776. The number of amides is 2. The highest BCUT2D eigenvalue weighted by molar-refractivity contribution is 5.74. The molecule has 1 N–H and O–H groups in total. The second kappa shape index (κ2) is 7.46. The number of hydrogen-bond donors (Lipinski definition) is 1. The molecule has 4 unspecified atom stereocenters. The summed E-state index contributed by atoms with van der Waals surface area (Å²) in [5.41, 5.74) is 3.15. The van der Waals surface area contributed by atoms with E-state index in [1.807, 2.05) is 14.1 Å². The first-order valence-corrected chi connectivity index (χ1v) is 11.5. The van der Waals surface area contributed by atoms with Crippen molar-refractivity contribution in [3.63, 3.8) is 0 Å². The van der Waals surface area contributed by atoms with E-state index in [0.717, 1.165) is 24.2 Å². The summed E-state index contributed by atoms with van der Waals surface area (Å²) in [5.74, 6) is 2.62. The van der Waals surface area contributed by atoms with E-state index < -0.39 is 0 Å². The minimum absolute atomic E-state index is 0.00971. The number of likely N-dealkylation sites (tertiary alicyclic amines) is 1. The molecule has 4 heteroatoms. The van der Waals surface area contributed by atoms with Crippen molar-refractivity contribution in [1.82, 2.24) is 15.1 Å². The normalized spacial score (nSPS) is 32.3. The number of carbonyl (C=O) groups excluding carboxylic acids is 1. The fourth-order valence-corrected chi connectivity index (χ4v) is 6.54. The predicted molar refractivity (Wildman–Crippen MR) is 117 cm³/mol. The van der Waals surface area contributed by atoms with Gasteiger partial charge in [0.25, 0.3) is 0 Å². The molecule has 2 fully saturated rings. The van der Waals surface area contributed by atoms with Crippen molar-refractivity contribution >= 4 is 6.03 Å². The number of allylic oxidation sites excluding steroid dienone is 2. The van der Waals surface area contributed by atoms with E-state index in [-0.39, 0.29) is 12.1 Å². The third-order valence-electron chi connectivity index (χ3n) is 8.25. The van der Waals surface area contributed by atoms with E-state index in [1.165, 1.54) is 62.9 Å². The summed E-state index contributed by atoms with van der Waals surface area (Å²) < 4.78 is 0. The fourth-order valence-electron chi connectivity index (χ4n) is 6.54. The summed E-state index contributed by atoms with van der Waals surface area (Å²) >= 11 is 0. The van der Waals surface area contributed by atoms with Gasteiger partial charge in [-0.05, 0) is 85.9 Å². The molecule has 1 aliphatic heterocycles. The van der Waals surface area contributed by atoms with Crippen LogP contribution in [0, 0.1) is 17.8 Å². The Hall–Kier alpha value is -1.81. The number of rotatable bonds is 3. The topological polar surface area (TPSA) is 35.6 Å². The Morgan fingerprint density at radius 3 is 2.62 bits per heavy atom. The molecule has 2 amide bonds. The van der Waals surface area contributed by atoms with E-state index in [2.05, 4.69) is 46.6 Å². The number of fused-ring (bicyclic) bond motifs is 4. The van der Waals surface area contributed by atoms with E-state index in [1.54, 1.807) is 4.90 Å². The maximum atomic E-state index is 12.3. The Morgan fingerprint density at radius 1 is 1.14 bits per heavy atom. The van der Waals surface area contributed by atoms with Crippen molar-refractivity contribution in [2.75, 3.05) is 33.7 Å². The van der Waals surface area contributed by atoms with Gasteiger partial charge in [0.1, 0.15) is 0 Å². The standard InChI is InChI=1S/C25H35N3O/c1-27(2)24(29)26-23-9-10-25(22-6-4-3-5-21(22)23)11-13-28(14-12-25)17-20-16-18-7-8-19(20)15-18/h3-8,18-20,23H,9-17H2,1-2H3,(H,26,29). The average Bonchev–Trinajstić information content (AvgIpc) is 3.35. The Balaban J connectivity index is 1.27. The van der Waals surface area contributed by atoms with Crippen LogP contribution in [0.3, 0.4) is 0 Å². The molecule has 1 spiro atoms. The lowest BCUT2D eigenvalue weighted by atomic mass is 9.63. The van der Waals surface area contributed by atoms with Gasteiger partial charge in [0.05, 0.1) is 6.04 Å². The second-order valence-electron chi connectivity index (χ2n) is 10.1. The van der Waals surface area contributed by atoms with Crippen LogP contribution < -0.4 is 5.32 Å². The molecule has 0 radical (unpaired) electrons. The molecule has 1 saturated carbocycles. The lowest BCUT2D eigenvalue weighted by Gasteiger charge is -2.48. The molecule has 3 aliphatic carbocycles. The average molecular weight is 394 g/mol. The number of urea groups is 1. The van der Waals surface area contributed by atoms with Gasteiger partial charge in [-0.3, -0.25) is 0 Å². The Bertz CT molecular complexity index is 793. The van der Waals surface area contributed by atoms with E-state index in [9.17, 15) is 4.79 Å². The van der Waals surface area contributed by atoms with Crippen LogP contribution in [0.15, 0.2) is 36.4 Å². The molecule has 0 aromatic heterocycles. The van der Waals surface area contributed by atoms with Gasteiger partial charge in [-0.15, -0.1) is 0 Å². The number of piperidine rings is 1. The van der Waals surface area contributed by atoms with Crippen molar-refractivity contribution in [2.45, 2.75) is 50.0 Å². The van der Waals surface area contributed by atoms with E-state index in [4.69, 9.17) is 0 Å². The van der Waals surface area contributed by atoms with Crippen LogP contribution >= 0.6 is 0 Å². The molecule has 1 heterocycles. The first-order chi connectivity index (χ1) is 14.0. The lowest BCUT2D eigenvalue weighted by molar-refractivity contribution is 0.118. The highest BCUT2D eigenvalue weighted by atomic mass is 16.2. The van der Waals surface area contributed by atoms with Crippen LogP contribution in [-0.2, 0) is 5.41 Å². The lowest BCUT2D eigenvalue weighted by Crippen LogP contribution is -2.48. The van der Waals surface area contributed by atoms with Gasteiger partial charge in [0.15, 0.2) is 0 Å². The van der Waals surface area contributed by atoms with Crippen LogP contribution in [0.1, 0.15) is 55.7 Å². The van der Waals surface area contributed by atoms with Crippen molar-refractivity contribution in [3.8, 4) is 0 Å². The monoisotopic (exact) mass is 393 g/mol. The molecule has 29 heavy (non-hydrogen) atoms. The highest BCUT2D eigenvalue weighted by Gasteiger charge is 2.43. The Morgan fingerprint density at radius 2 is 1.93 bits per heavy atom. The van der Waals surface area contributed by atoms with Crippen molar-refractivity contribution in [1.29, 1.82) is 0 Å². The Labute approximate surface area is 175 Å². The first-order valence-electron chi connectivity index (χ1n) is 11.5. The summed E-state index contributed by atoms with van der Waals surface area (Å²) in [5, 5.41) is 3.24. The van der Waals surface area contributed by atoms with Gasteiger partial charge < -0.3 is 15.1 Å². The van der Waals surface area contributed by atoms with Crippen LogP contribution in [0.2, 0.25) is 0 Å². The number of nitrogens with one attached hydrogen (secondary N) is 1. The van der Waals surface area contributed by atoms with Gasteiger partial charge in [-0.2, -0.15) is 0 Å². The van der Waals surface area contributed by atoms with Gasteiger partial charge in [-0.25, -0.2) is 4.79 Å². The van der Waals surface area contributed by atoms with E-state index >= 15 is 0 Å². The van der Waals surface area contributed by atoms with Crippen LogP contribution in [0.5, 0.6) is 0 Å². The smallest absolute Gasteiger partial charge is 0.317 e. The van der Waals surface area contributed by atoms with Gasteiger partial charge in [0.2, 0.25) is 0 Å². The molecule has 2 bridgehead atoms. The molecular formula is C25H35N3O. The molecule has 4 atom stereocenters. The zero-order valence-electron chi connectivity index (χ0n) is 17.9. The zero-order valence-corrected chi connectivity index (χ0v) is 17.9. The van der Waals surface area contributed by atoms with Gasteiger partial charge >= 0.3 is 6.03 Å². The molecule has 1 saturated heterocycles. The molecule has 1 aromatic rings. The number of benzene rings is 1. The van der Waals surface area contributed by atoms with Crippen LogP contribution in [0.4, 0.5) is 4.79 Å². The zero-order chi connectivity index (χ0) is 20.0. The molecule has 4 aliphatic rings. The van der Waals surface area contributed by atoms with Crippen molar-refractivity contribution < 1.29 is 4.79 Å². The molecule has 4 nitrogen and oxygen atoms in total.